The Kier molecular flexibility index (Phi) is 14.8. The van der Waals surface area contributed by atoms with E-state index in [2.05, 4.69) is 55.2 Å². The third-order valence-electron chi connectivity index (χ3n) is 6.77. The molecule has 2 aromatic heterocycles. The SMILES string of the molecule is O=S(=O)([O-])c1ccc(Nc2cc(F)nc(F)n2)cc1N=Nc1c(SOO[O-])cc2cc(Nc3nc(Cl)nc(N4CCOCC4)n3)ccc2c1O.[Na+].[Na+]. The second kappa shape index (κ2) is 18.4. The van der Waals surface area contributed by atoms with E-state index in [0.29, 0.717) is 55.4 Å². The molecule has 0 aliphatic carbocycles. The number of rotatable bonds is 11. The van der Waals surface area contributed by atoms with E-state index in [1.54, 1.807) is 12.1 Å². The quantitative estimate of drug-likeness (QED) is 0.0198. The van der Waals surface area contributed by atoms with Crippen molar-refractivity contribution in [3.8, 4) is 5.75 Å². The van der Waals surface area contributed by atoms with Gasteiger partial charge in [0.1, 0.15) is 27.3 Å². The van der Waals surface area contributed by atoms with E-state index in [0.717, 1.165) is 24.3 Å². The predicted octanol–water partition coefficient (Wildman–Crippen LogP) is -1.67. The zero-order chi connectivity index (χ0) is 35.4. The minimum absolute atomic E-state index is 0. The molecular formula is C27H19ClF2N10Na2O8S2. The Hall–Kier alpha value is -2.94. The van der Waals surface area contributed by atoms with E-state index in [1.165, 1.54) is 12.1 Å². The molecule has 1 aliphatic rings. The van der Waals surface area contributed by atoms with E-state index >= 15 is 0 Å². The largest absolute Gasteiger partial charge is 1.00 e. The molecule has 3 aromatic carbocycles. The van der Waals surface area contributed by atoms with Gasteiger partial charge in [0, 0.05) is 35.9 Å². The number of benzene rings is 3. The number of azo groups is 1. The predicted molar refractivity (Wildman–Crippen MR) is 169 cm³/mol. The maximum atomic E-state index is 13.6. The van der Waals surface area contributed by atoms with Crippen LogP contribution in [-0.2, 0) is 24.2 Å². The summed E-state index contributed by atoms with van der Waals surface area (Å²) >= 11 is 6.50. The molecule has 0 spiro atoms. The number of hydrogen-bond donors (Lipinski definition) is 3. The first-order valence-electron chi connectivity index (χ1n) is 13.9. The molecule has 52 heavy (non-hydrogen) atoms. The molecule has 0 unspecified atom stereocenters. The van der Waals surface area contributed by atoms with Crippen molar-refractivity contribution in [3.05, 3.63) is 65.8 Å². The summed E-state index contributed by atoms with van der Waals surface area (Å²) in [5.41, 5.74) is -0.382. The van der Waals surface area contributed by atoms with Crippen LogP contribution in [0.4, 0.5) is 49.2 Å². The van der Waals surface area contributed by atoms with E-state index in [4.69, 9.17) is 16.3 Å². The molecule has 5 aromatic rings. The number of fused-ring (bicyclic) bond motifs is 1. The summed E-state index contributed by atoms with van der Waals surface area (Å²) < 4.78 is 72.9. The van der Waals surface area contributed by atoms with Crippen molar-refractivity contribution in [1.29, 1.82) is 0 Å². The summed E-state index contributed by atoms with van der Waals surface area (Å²) in [5.74, 6) is -1.52. The third kappa shape index (κ3) is 10.4. The number of aromatic nitrogens is 5. The Morgan fingerprint density at radius 1 is 0.962 bits per heavy atom. The molecule has 0 amide bonds. The number of nitrogens with zero attached hydrogens (tertiary/aromatic N) is 8. The number of ether oxygens (including phenoxy) is 1. The molecule has 260 valence electrons. The van der Waals surface area contributed by atoms with E-state index < -0.39 is 38.5 Å². The average Bonchev–Trinajstić information content (AvgIpc) is 3.06. The number of hydrogen-bond acceptors (Lipinski definition) is 19. The Labute approximate surface area is 345 Å². The minimum Gasteiger partial charge on any atom is -0.744 e. The topological polar surface area (TPSA) is 245 Å². The first-order chi connectivity index (χ1) is 24.0. The van der Waals surface area contributed by atoms with Gasteiger partial charge < -0.3 is 35.2 Å². The summed E-state index contributed by atoms with van der Waals surface area (Å²) in [6.45, 7) is 2.12. The van der Waals surface area contributed by atoms with Crippen LogP contribution in [0.15, 0.2) is 68.6 Å². The van der Waals surface area contributed by atoms with Gasteiger partial charge in [-0.15, -0.1) is 10.2 Å². The first-order valence-corrected chi connectivity index (χ1v) is 16.4. The summed E-state index contributed by atoms with van der Waals surface area (Å²) in [7, 11) is -5.12. The van der Waals surface area contributed by atoms with Crippen LogP contribution in [0.25, 0.3) is 10.8 Å². The van der Waals surface area contributed by atoms with Crippen LogP contribution in [0.5, 0.6) is 5.75 Å². The van der Waals surface area contributed by atoms with Gasteiger partial charge in [-0.2, -0.15) is 38.0 Å². The normalized spacial score (nSPS) is 13.1. The molecule has 0 atom stereocenters. The Morgan fingerprint density at radius 2 is 1.69 bits per heavy atom. The molecule has 18 nitrogen and oxygen atoms in total. The third-order valence-corrected chi connectivity index (χ3v) is 8.44. The van der Waals surface area contributed by atoms with Gasteiger partial charge in [0.05, 0.1) is 35.0 Å². The second-order valence-electron chi connectivity index (χ2n) is 9.99. The average molecular weight is 795 g/mol. The fourth-order valence-corrected chi connectivity index (χ4v) is 5.90. The number of anilines is 5. The van der Waals surface area contributed by atoms with Crippen molar-refractivity contribution in [1.82, 2.24) is 24.9 Å². The molecule has 0 bridgehead atoms. The molecule has 6 rings (SSSR count). The molecule has 1 aliphatic heterocycles. The van der Waals surface area contributed by atoms with Gasteiger partial charge in [-0.3, -0.25) is 5.04 Å². The van der Waals surface area contributed by atoms with Crippen LogP contribution in [0.1, 0.15) is 0 Å². The second-order valence-corrected chi connectivity index (χ2v) is 12.4. The van der Waals surface area contributed by atoms with Gasteiger partial charge in [0.25, 0.3) is 0 Å². The van der Waals surface area contributed by atoms with Crippen molar-refractivity contribution < 1.29 is 105 Å². The number of phenols is 1. The van der Waals surface area contributed by atoms with Gasteiger partial charge in [0.15, 0.2) is 5.75 Å². The molecule has 1 fully saturated rings. The van der Waals surface area contributed by atoms with Crippen LogP contribution in [0.3, 0.4) is 0 Å². The molecule has 1 saturated heterocycles. The number of nitrogens with one attached hydrogen (secondary N) is 2. The van der Waals surface area contributed by atoms with Crippen LogP contribution in [0.2, 0.25) is 5.28 Å². The van der Waals surface area contributed by atoms with Crippen LogP contribution >= 0.6 is 23.6 Å². The molecule has 25 heteroatoms. The molecule has 0 radical (unpaired) electrons. The number of halogens is 3. The summed E-state index contributed by atoms with van der Waals surface area (Å²) in [6, 6.07) is 9.93. The molecule has 3 heterocycles. The molecule has 0 saturated carbocycles. The van der Waals surface area contributed by atoms with E-state index in [1.807, 2.05) is 4.90 Å². The van der Waals surface area contributed by atoms with Gasteiger partial charge in [-0.05, 0) is 59.5 Å². The van der Waals surface area contributed by atoms with Crippen LogP contribution < -0.4 is 79.9 Å². The standard InChI is InChI=1S/C27H21ClF2N10O8S2.2Na/c28-24-35-26(37-27(36-24)40-5-7-46-8-6-40)32-14-1-3-16-13(9-14)10-18(49-48-47-42)22(23(16)41)39-38-17-11-15(2-4-19(17)50(43,44)45)31-21-12-20(29)33-25(30)34-21;;/h1-4,9-12,41-42H,5-8H2,(H,31,33,34)(H,43,44,45)(H,32,35,36,37);;/q;2*+1/p-2. The minimum atomic E-state index is -5.12. The number of aromatic hydroxyl groups is 1. The Morgan fingerprint density at radius 3 is 2.40 bits per heavy atom. The summed E-state index contributed by atoms with van der Waals surface area (Å²) in [6.07, 6.45) is -1.37. The monoisotopic (exact) mass is 794 g/mol. The van der Waals surface area contributed by atoms with Crippen molar-refractivity contribution in [2.45, 2.75) is 9.79 Å². The van der Waals surface area contributed by atoms with E-state index in [9.17, 15) is 32.1 Å². The fraction of sp³-hybridized carbons (Fsp3) is 0.148. The maximum absolute atomic E-state index is 13.6. The van der Waals surface area contributed by atoms with Gasteiger partial charge in [-0.25, -0.2) is 8.42 Å². The van der Waals surface area contributed by atoms with Gasteiger partial charge in [-0.1, -0.05) is 0 Å². The van der Waals surface area contributed by atoms with Gasteiger partial charge in [0.2, 0.25) is 23.1 Å². The zero-order valence-electron chi connectivity index (χ0n) is 26.8. The van der Waals surface area contributed by atoms with E-state index in [-0.39, 0.29) is 97.8 Å². The fourth-order valence-electron chi connectivity index (χ4n) is 4.66. The molecular weight excluding hydrogens is 776 g/mol. The zero-order valence-corrected chi connectivity index (χ0v) is 33.2. The van der Waals surface area contributed by atoms with Crippen molar-refractivity contribution in [2.24, 2.45) is 10.2 Å². The smallest absolute Gasteiger partial charge is 0.744 e. The number of morpholine rings is 1. The van der Waals surface area contributed by atoms with Crippen LogP contribution in [0, 0.1) is 12.0 Å². The first kappa shape index (κ1) is 41.8. The Bertz CT molecular complexity index is 2210. The van der Waals surface area contributed by atoms with Crippen molar-refractivity contribution in [3.63, 3.8) is 0 Å². The maximum Gasteiger partial charge on any atom is 1.00 e. The van der Waals surface area contributed by atoms with Crippen molar-refractivity contribution in [2.75, 3.05) is 41.8 Å². The summed E-state index contributed by atoms with van der Waals surface area (Å²) in [4.78, 5) is 20.0. The van der Waals surface area contributed by atoms with Gasteiger partial charge >= 0.3 is 65.2 Å². The van der Waals surface area contributed by atoms with Crippen molar-refractivity contribution >= 4 is 85.0 Å². The Balaban J connectivity index is 0.00000302. The van der Waals surface area contributed by atoms with Crippen LogP contribution in [-0.4, -0.2) is 69.3 Å². The number of phenolic OH excluding ortho intramolecular Hbond substituents is 1. The summed E-state index contributed by atoms with van der Waals surface area (Å²) in [5, 5.41) is 39.3. The molecule has 3 N–H and O–H groups in total.